The number of carbonyl (C=O) groups excluding carboxylic acids is 5. The van der Waals surface area contributed by atoms with Crippen molar-refractivity contribution < 1.29 is 38.2 Å². The van der Waals surface area contributed by atoms with E-state index in [1.54, 1.807) is 12.1 Å². The van der Waals surface area contributed by atoms with E-state index < -0.39 is 63.0 Å². The first-order chi connectivity index (χ1) is 23.9. The van der Waals surface area contributed by atoms with E-state index in [-0.39, 0.29) is 26.2 Å². The first-order valence-electron chi connectivity index (χ1n) is 16.4. The zero-order chi connectivity index (χ0) is 36.5. The van der Waals surface area contributed by atoms with Crippen LogP contribution in [-0.4, -0.2) is 99.9 Å². The van der Waals surface area contributed by atoms with Gasteiger partial charge in [0, 0.05) is 26.1 Å². The molecule has 0 aromatic heterocycles. The molecule has 3 rings (SSSR count). The molecule has 50 heavy (non-hydrogen) atoms. The van der Waals surface area contributed by atoms with Gasteiger partial charge in [0.05, 0.1) is 21.7 Å². The summed E-state index contributed by atoms with van der Waals surface area (Å²) in [6.07, 6.45) is -0.105. The summed E-state index contributed by atoms with van der Waals surface area (Å²) in [4.78, 5) is 69.5. The summed E-state index contributed by atoms with van der Waals surface area (Å²) >= 11 is 0. The van der Waals surface area contributed by atoms with E-state index in [1.807, 2.05) is 78.9 Å². The highest BCUT2D eigenvalue weighted by molar-refractivity contribution is 6.76. The third-order valence-corrected chi connectivity index (χ3v) is 8.93. The third kappa shape index (κ3) is 13.1. The van der Waals surface area contributed by atoms with Crippen molar-refractivity contribution in [1.82, 2.24) is 20.4 Å². The Hall–Kier alpha value is -5.01. The molecule has 13 heteroatoms. The molecule has 0 saturated carbocycles. The number of benzene rings is 3. The van der Waals surface area contributed by atoms with Crippen molar-refractivity contribution in [3.8, 4) is 0 Å². The normalized spacial score (nSPS) is 12.2. The average Bonchev–Trinajstić information content (AvgIpc) is 3.12. The lowest BCUT2D eigenvalue weighted by Gasteiger charge is -2.35. The van der Waals surface area contributed by atoms with E-state index in [4.69, 9.17) is 14.2 Å². The van der Waals surface area contributed by atoms with Crippen LogP contribution in [0.15, 0.2) is 91.0 Å². The summed E-state index contributed by atoms with van der Waals surface area (Å²) < 4.78 is 15.7. The quantitative estimate of drug-likeness (QED) is 0.116. The van der Waals surface area contributed by atoms with Gasteiger partial charge in [0.1, 0.15) is 32.0 Å². The zero-order valence-electron chi connectivity index (χ0n) is 29.4. The Kier molecular flexibility index (Phi) is 15.7. The van der Waals surface area contributed by atoms with E-state index in [1.165, 1.54) is 24.0 Å². The van der Waals surface area contributed by atoms with Gasteiger partial charge in [-0.3, -0.25) is 14.4 Å². The SMILES string of the molecule is COCN(C(=O)CNC(=O)OCc1ccccc1)[C@@H](Cc1ccccc1)C(=O)NCC(=O)N(C[Si](C)(C)C)[C@@H](Cc1ccccc1)C(=O)OC. The molecule has 2 atom stereocenters. The molecule has 0 unspecified atom stereocenters. The summed E-state index contributed by atoms with van der Waals surface area (Å²) in [6, 6.07) is 25.5. The molecule has 4 amide bonds. The van der Waals surface area contributed by atoms with Crippen molar-refractivity contribution >= 4 is 37.9 Å². The van der Waals surface area contributed by atoms with Crippen LogP contribution >= 0.6 is 0 Å². The number of methoxy groups -OCH3 is 2. The second-order valence-electron chi connectivity index (χ2n) is 12.9. The van der Waals surface area contributed by atoms with Crippen molar-refractivity contribution in [1.29, 1.82) is 0 Å². The summed E-state index contributed by atoms with van der Waals surface area (Å²) in [5.41, 5.74) is 2.40. The summed E-state index contributed by atoms with van der Waals surface area (Å²) in [7, 11) is 0.702. The minimum atomic E-state index is -1.97. The Bertz CT molecular complexity index is 1540. The van der Waals surface area contributed by atoms with Crippen LogP contribution in [0.1, 0.15) is 16.7 Å². The maximum atomic E-state index is 13.9. The van der Waals surface area contributed by atoms with Crippen LogP contribution in [0, 0.1) is 0 Å². The molecule has 268 valence electrons. The number of rotatable bonds is 18. The van der Waals surface area contributed by atoms with Gasteiger partial charge in [0.15, 0.2) is 0 Å². The van der Waals surface area contributed by atoms with Gasteiger partial charge in [-0.1, -0.05) is 111 Å². The van der Waals surface area contributed by atoms with Gasteiger partial charge in [0.2, 0.25) is 17.7 Å². The molecule has 0 saturated heterocycles. The third-order valence-electron chi connectivity index (χ3n) is 7.64. The number of nitrogens with one attached hydrogen (secondary N) is 2. The van der Waals surface area contributed by atoms with Gasteiger partial charge < -0.3 is 34.6 Å². The predicted molar refractivity (Wildman–Crippen MR) is 191 cm³/mol. The predicted octanol–water partition coefficient (Wildman–Crippen LogP) is 3.56. The maximum Gasteiger partial charge on any atom is 0.407 e. The van der Waals surface area contributed by atoms with E-state index in [9.17, 15) is 24.0 Å². The van der Waals surface area contributed by atoms with Crippen molar-refractivity contribution in [3.05, 3.63) is 108 Å². The fourth-order valence-electron chi connectivity index (χ4n) is 5.24. The maximum absolute atomic E-state index is 13.9. The fraction of sp³-hybridized carbons (Fsp3) is 0.378. The monoisotopic (exact) mass is 704 g/mol. The summed E-state index contributed by atoms with van der Waals surface area (Å²) in [5.74, 6) is -2.22. The molecular formula is C37H48N4O8Si. The van der Waals surface area contributed by atoms with Crippen molar-refractivity contribution in [2.24, 2.45) is 0 Å². The van der Waals surface area contributed by atoms with Crippen LogP contribution in [0.25, 0.3) is 0 Å². The van der Waals surface area contributed by atoms with Crippen LogP contribution in [0.2, 0.25) is 19.6 Å². The second-order valence-corrected chi connectivity index (χ2v) is 18.4. The van der Waals surface area contributed by atoms with Crippen LogP contribution < -0.4 is 10.6 Å². The molecule has 12 nitrogen and oxygen atoms in total. The van der Waals surface area contributed by atoms with Gasteiger partial charge in [0.25, 0.3) is 0 Å². The number of nitrogens with zero attached hydrogens (tertiary/aromatic N) is 2. The summed E-state index contributed by atoms with van der Waals surface area (Å²) in [5, 5.41) is 5.16. The number of amides is 4. The second kappa shape index (κ2) is 19.9. The molecule has 0 aliphatic rings. The molecule has 0 heterocycles. The lowest BCUT2D eigenvalue weighted by molar-refractivity contribution is -0.152. The van der Waals surface area contributed by atoms with Crippen molar-refractivity contribution in [3.63, 3.8) is 0 Å². The number of alkyl carbamates (subject to hydrolysis) is 1. The standard InChI is InChI=1S/C37H48N4O8Si/c1-47-26-40(33(42)24-39-37(46)49-25-30-19-13-8-14-20-30)31(21-28-15-9-6-10-16-28)35(44)38-23-34(43)41(27-50(3,4)5)32(36(45)48-2)22-29-17-11-7-12-18-29/h6-20,31-32H,21-27H2,1-5H3,(H,38,44)(H,39,46)/t31-,32-/m0/s1. The molecule has 3 aromatic carbocycles. The van der Waals surface area contributed by atoms with Gasteiger partial charge in [-0.2, -0.15) is 0 Å². The van der Waals surface area contributed by atoms with Crippen molar-refractivity contribution in [2.45, 2.75) is 51.2 Å². The Morgan fingerprint density at radius 1 is 0.660 bits per heavy atom. The van der Waals surface area contributed by atoms with Gasteiger partial charge >= 0.3 is 12.1 Å². The lowest BCUT2D eigenvalue weighted by Crippen LogP contribution is -2.57. The number of hydrogen-bond donors (Lipinski definition) is 2. The molecule has 0 aliphatic heterocycles. The van der Waals surface area contributed by atoms with E-state index >= 15 is 0 Å². The Morgan fingerprint density at radius 3 is 1.64 bits per heavy atom. The number of ether oxygens (including phenoxy) is 3. The molecule has 0 aliphatic carbocycles. The minimum absolute atomic E-state index is 0.0205. The van der Waals surface area contributed by atoms with E-state index in [2.05, 4.69) is 30.3 Å². The lowest BCUT2D eigenvalue weighted by atomic mass is 10.0. The van der Waals surface area contributed by atoms with Crippen LogP contribution in [0.4, 0.5) is 4.79 Å². The van der Waals surface area contributed by atoms with Crippen molar-refractivity contribution in [2.75, 3.05) is 40.2 Å². The van der Waals surface area contributed by atoms with Crippen LogP contribution in [-0.2, 0) is 52.8 Å². The highest BCUT2D eigenvalue weighted by atomic mass is 28.3. The first-order valence-corrected chi connectivity index (χ1v) is 20.1. The molecule has 0 radical (unpaired) electrons. The van der Waals surface area contributed by atoms with E-state index in [0.717, 1.165) is 16.7 Å². The fourth-order valence-corrected chi connectivity index (χ4v) is 6.66. The van der Waals surface area contributed by atoms with Gasteiger partial charge in [-0.25, -0.2) is 9.59 Å². The molecule has 0 bridgehead atoms. The Labute approximate surface area is 295 Å². The van der Waals surface area contributed by atoms with Gasteiger partial charge in [-0.05, 0) is 16.7 Å². The van der Waals surface area contributed by atoms with Crippen LogP contribution in [0.3, 0.4) is 0 Å². The van der Waals surface area contributed by atoms with Gasteiger partial charge in [-0.15, -0.1) is 0 Å². The molecule has 3 aromatic rings. The largest absolute Gasteiger partial charge is 0.467 e. The Balaban J connectivity index is 1.79. The topological polar surface area (TPSA) is 144 Å². The number of esters is 1. The minimum Gasteiger partial charge on any atom is -0.467 e. The highest BCUT2D eigenvalue weighted by Crippen LogP contribution is 2.16. The summed E-state index contributed by atoms with van der Waals surface area (Å²) in [6.45, 7) is 5.12. The molecule has 0 spiro atoms. The zero-order valence-corrected chi connectivity index (χ0v) is 30.4. The molecular weight excluding hydrogens is 657 g/mol. The van der Waals surface area contributed by atoms with Crippen LogP contribution in [0.5, 0.6) is 0 Å². The molecule has 2 N–H and O–H groups in total. The molecule has 0 fully saturated rings. The number of carbonyl (C=O) groups is 5. The first kappa shape index (κ1) is 39.4. The van der Waals surface area contributed by atoms with E-state index in [0.29, 0.717) is 6.17 Å². The Morgan fingerprint density at radius 2 is 1.14 bits per heavy atom. The smallest absolute Gasteiger partial charge is 0.407 e. The average molecular weight is 705 g/mol. The highest BCUT2D eigenvalue weighted by Gasteiger charge is 2.36. The number of hydrogen-bond acceptors (Lipinski definition) is 8.